The molecule has 5 rings (SSSR count). The molecule has 1 amide bonds. The highest BCUT2D eigenvalue weighted by Crippen LogP contribution is 2.50. The van der Waals surface area contributed by atoms with Gasteiger partial charge in [-0.3, -0.25) is 9.78 Å². The number of carbonyl (C=O) groups is 1. The molecule has 2 aromatic heterocycles. The van der Waals surface area contributed by atoms with E-state index >= 15 is 0 Å². The lowest BCUT2D eigenvalue weighted by Crippen LogP contribution is -2.49. The number of thioether (sulfide) groups is 1. The molecular formula is C25H27N5OS. The van der Waals surface area contributed by atoms with Gasteiger partial charge in [-0.2, -0.15) is 0 Å². The number of rotatable bonds is 3. The van der Waals surface area contributed by atoms with Crippen LogP contribution in [0, 0.1) is 0 Å². The van der Waals surface area contributed by atoms with Gasteiger partial charge in [-0.25, -0.2) is 4.98 Å². The van der Waals surface area contributed by atoms with Crippen molar-refractivity contribution in [2.45, 2.75) is 36.9 Å². The molecule has 7 heteroatoms. The number of hydrogen-bond acceptors (Lipinski definition) is 6. The van der Waals surface area contributed by atoms with Gasteiger partial charge in [-0.05, 0) is 61.1 Å². The van der Waals surface area contributed by atoms with E-state index in [2.05, 4.69) is 47.3 Å². The summed E-state index contributed by atoms with van der Waals surface area (Å²) >= 11 is 1.78. The quantitative estimate of drug-likeness (QED) is 0.546. The Bertz CT molecular complexity index is 1180. The topological polar surface area (TPSA) is 52.6 Å². The van der Waals surface area contributed by atoms with Crippen LogP contribution in [0.2, 0.25) is 0 Å². The number of anilines is 3. The highest BCUT2D eigenvalue weighted by molar-refractivity contribution is 7.98. The number of carbonyl (C=O) groups excluding carboxylic acids is 1. The number of aromatic nitrogens is 2. The van der Waals surface area contributed by atoms with Crippen LogP contribution in [0.3, 0.4) is 0 Å². The summed E-state index contributed by atoms with van der Waals surface area (Å²) in [6.45, 7) is 4.17. The van der Waals surface area contributed by atoms with Crippen LogP contribution in [0.25, 0.3) is 0 Å². The summed E-state index contributed by atoms with van der Waals surface area (Å²) in [5.74, 6) is 1.81. The zero-order chi connectivity index (χ0) is 22.6. The number of pyridine rings is 2. The van der Waals surface area contributed by atoms with Gasteiger partial charge in [0, 0.05) is 31.4 Å². The molecule has 6 nitrogen and oxygen atoms in total. The van der Waals surface area contributed by atoms with Gasteiger partial charge < -0.3 is 14.7 Å². The van der Waals surface area contributed by atoms with Crippen LogP contribution in [0.15, 0.2) is 59.8 Å². The molecule has 0 bridgehead atoms. The van der Waals surface area contributed by atoms with Gasteiger partial charge in [0.1, 0.15) is 11.9 Å². The molecule has 0 aliphatic carbocycles. The maximum atomic E-state index is 12.6. The molecule has 1 aromatic carbocycles. The molecule has 0 N–H and O–H groups in total. The molecular weight excluding hydrogens is 418 g/mol. The molecule has 32 heavy (non-hydrogen) atoms. The fourth-order valence-corrected chi connectivity index (χ4v) is 5.71. The van der Waals surface area contributed by atoms with Gasteiger partial charge >= 0.3 is 0 Å². The number of hydrogen-bond donors (Lipinski definition) is 0. The van der Waals surface area contributed by atoms with Crippen molar-refractivity contribution < 1.29 is 4.79 Å². The largest absolute Gasteiger partial charge is 0.346 e. The summed E-state index contributed by atoms with van der Waals surface area (Å²) in [5.41, 5.74) is 4.63. The molecule has 0 spiro atoms. The first-order chi connectivity index (χ1) is 15.4. The van der Waals surface area contributed by atoms with Gasteiger partial charge in [0.05, 0.1) is 17.8 Å². The van der Waals surface area contributed by atoms with Crippen molar-refractivity contribution in [1.82, 2.24) is 9.97 Å². The van der Waals surface area contributed by atoms with Crippen molar-refractivity contribution >= 4 is 35.0 Å². The predicted molar refractivity (Wildman–Crippen MR) is 131 cm³/mol. The Morgan fingerprint density at radius 3 is 2.53 bits per heavy atom. The van der Waals surface area contributed by atoms with E-state index in [1.807, 2.05) is 56.5 Å². The van der Waals surface area contributed by atoms with Gasteiger partial charge in [-0.1, -0.05) is 18.2 Å². The number of benzene rings is 1. The van der Waals surface area contributed by atoms with Crippen LogP contribution < -0.4 is 14.7 Å². The summed E-state index contributed by atoms with van der Waals surface area (Å²) < 4.78 is 0. The minimum absolute atomic E-state index is 0.0250. The molecule has 0 saturated carbocycles. The van der Waals surface area contributed by atoms with Crippen molar-refractivity contribution in [2.75, 3.05) is 35.1 Å². The van der Waals surface area contributed by atoms with Crippen LogP contribution in [-0.4, -0.2) is 42.3 Å². The first-order valence-corrected chi connectivity index (χ1v) is 12.0. The maximum absolute atomic E-state index is 12.6. The van der Waals surface area contributed by atoms with Crippen LogP contribution in [0.1, 0.15) is 42.6 Å². The van der Waals surface area contributed by atoms with Crippen LogP contribution >= 0.6 is 11.8 Å². The number of nitrogens with zero attached hydrogens (tertiary/aromatic N) is 5. The third kappa shape index (κ3) is 2.98. The highest BCUT2D eigenvalue weighted by atomic mass is 32.2. The Labute approximate surface area is 193 Å². The SMILES string of the molecule is CSc1cccc2c1C(C)N(c1ccc3c(n1)N(C)[C@H](C)C(=O)N3C)C2c1cccnc1. The number of fused-ring (bicyclic) bond motifs is 2. The van der Waals surface area contributed by atoms with Crippen LogP contribution in [0.4, 0.5) is 17.3 Å². The van der Waals surface area contributed by atoms with Gasteiger partial charge in [0.2, 0.25) is 5.91 Å². The zero-order valence-corrected chi connectivity index (χ0v) is 19.8. The van der Waals surface area contributed by atoms with Crippen LogP contribution in [0.5, 0.6) is 0 Å². The average Bonchev–Trinajstić information content (AvgIpc) is 3.14. The lowest BCUT2D eigenvalue weighted by Gasteiger charge is -2.38. The fraction of sp³-hybridized carbons (Fsp3) is 0.320. The first kappa shape index (κ1) is 20.8. The van der Waals surface area contributed by atoms with E-state index in [-0.39, 0.29) is 24.0 Å². The molecule has 4 heterocycles. The smallest absolute Gasteiger partial charge is 0.249 e. The van der Waals surface area contributed by atoms with Crippen molar-refractivity contribution in [3.05, 3.63) is 71.5 Å². The van der Waals surface area contributed by atoms with E-state index in [9.17, 15) is 4.79 Å². The Kier molecular flexibility index (Phi) is 5.08. The van der Waals surface area contributed by atoms with Crippen LogP contribution in [-0.2, 0) is 4.79 Å². The number of likely N-dealkylation sites (N-methyl/N-ethyl adjacent to an activating group) is 2. The molecule has 3 aromatic rings. The maximum Gasteiger partial charge on any atom is 0.249 e. The predicted octanol–water partition coefficient (Wildman–Crippen LogP) is 4.67. The third-order valence-electron chi connectivity index (χ3n) is 6.80. The number of amides is 1. The third-order valence-corrected chi connectivity index (χ3v) is 7.59. The zero-order valence-electron chi connectivity index (χ0n) is 19.0. The fourth-order valence-electron chi connectivity index (χ4n) is 4.99. The summed E-state index contributed by atoms with van der Waals surface area (Å²) in [4.78, 5) is 29.5. The molecule has 2 aliphatic rings. The molecule has 3 atom stereocenters. The van der Waals surface area contributed by atoms with Crippen molar-refractivity contribution in [3.63, 3.8) is 0 Å². The van der Waals surface area contributed by atoms with E-state index in [0.717, 1.165) is 22.9 Å². The Balaban J connectivity index is 1.68. The van der Waals surface area contributed by atoms with E-state index in [1.165, 1.54) is 16.0 Å². The second-order valence-corrected chi connectivity index (χ2v) is 9.28. The minimum Gasteiger partial charge on any atom is -0.346 e. The summed E-state index contributed by atoms with van der Waals surface area (Å²) in [6, 6.07) is 14.7. The Morgan fingerprint density at radius 1 is 1.00 bits per heavy atom. The van der Waals surface area contributed by atoms with Gasteiger partial charge in [0.15, 0.2) is 5.82 Å². The Hall–Kier alpha value is -3.06. The van der Waals surface area contributed by atoms with E-state index in [4.69, 9.17) is 4.98 Å². The van der Waals surface area contributed by atoms with Crippen molar-refractivity contribution in [1.29, 1.82) is 0 Å². The molecule has 0 fully saturated rings. The summed E-state index contributed by atoms with van der Waals surface area (Å²) in [6.07, 6.45) is 5.89. The summed E-state index contributed by atoms with van der Waals surface area (Å²) in [5, 5.41) is 0. The second-order valence-electron chi connectivity index (χ2n) is 8.43. The lowest BCUT2D eigenvalue weighted by atomic mass is 9.98. The molecule has 164 valence electrons. The lowest BCUT2D eigenvalue weighted by molar-refractivity contribution is -0.119. The molecule has 2 unspecified atom stereocenters. The highest BCUT2D eigenvalue weighted by Gasteiger charge is 2.40. The average molecular weight is 446 g/mol. The van der Waals surface area contributed by atoms with Crippen molar-refractivity contribution in [2.24, 2.45) is 0 Å². The van der Waals surface area contributed by atoms with E-state index in [0.29, 0.717) is 0 Å². The Morgan fingerprint density at radius 2 is 1.81 bits per heavy atom. The first-order valence-electron chi connectivity index (χ1n) is 10.8. The van der Waals surface area contributed by atoms with E-state index < -0.39 is 0 Å². The minimum atomic E-state index is -0.249. The normalized spacial score (nSPS) is 22.2. The van der Waals surface area contributed by atoms with Gasteiger partial charge in [-0.15, -0.1) is 11.8 Å². The monoisotopic (exact) mass is 445 g/mol. The molecule has 0 radical (unpaired) electrons. The molecule has 0 saturated heterocycles. The second kappa shape index (κ2) is 7.81. The van der Waals surface area contributed by atoms with Crippen molar-refractivity contribution in [3.8, 4) is 0 Å². The van der Waals surface area contributed by atoms with E-state index in [1.54, 1.807) is 16.7 Å². The van der Waals surface area contributed by atoms with Gasteiger partial charge in [0.25, 0.3) is 0 Å². The summed E-state index contributed by atoms with van der Waals surface area (Å²) in [7, 11) is 3.77. The standard InChI is InChI=1S/C25H27N5OS/c1-15-22-18(9-6-10-20(22)32-5)23(17-8-7-13-26-14-17)30(15)21-12-11-19-24(27-21)28(3)16(2)25(31)29(19)4/h6-16,23H,1-5H3/t15?,16-,23?/m1/s1. The molecule has 2 aliphatic heterocycles.